The van der Waals surface area contributed by atoms with Gasteiger partial charge in [-0.1, -0.05) is 41.6 Å². The number of hydrogen-bond acceptors (Lipinski definition) is 4. The first-order chi connectivity index (χ1) is 13.4. The molecule has 2 atom stereocenters. The van der Waals surface area contributed by atoms with E-state index in [1.165, 1.54) is 0 Å². The third-order valence-corrected chi connectivity index (χ3v) is 4.35. The topological polar surface area (TPSA) is 80.4 Å². The van der Waals surface area contributed by atoms with Crippen LogP contribution in [0.2, 0.25) is 5.02 Å². The Morgan fingerprint density at radius 3 is 2.29 bits per heavy atom. The van der Waals surface area contributed by atoms with Crippen LogP contribution in [0.1, 0.15) is 34.8 Å². The highest BCUT2D eigenvalue weighted by Gasteiger charge is 2.25. The van der Waals surface area contributed by atoms with Crippen molar-refractivity contribution in [3.05, 3.63) is 70.2 Å². The fraction of sp³-hybridized carbons (Fsp3) is 0.217. The summed E-state index contributed by atoms with van der Waals surface area (Å²) in [6.45, 7) is 1.03. The Morgan fingerprint density at radius 1 is 1.07 bits per heavy atom. The third-order valence-electron chi connectivity index (χ3n) is 4.12. The van der Waals surface area contributed by atoms with Crippen molar-refractivity contribution in [3.63, 3.8) is 0 Å². The van der Waals surface area contributed by atoms with Crippen LogP contribution in [0.3, 0.4) is 0 Å². The molecule has 0 amide bonds. The van der Waals surface area contributed by atoms with Crippen molar-refractivity contribution < 1.29 is 14.7 Å². The normalized spacial score (nSPS) is 12.0. The van der Waals surface area contributed by atoms with Gasteiger partial charge in [0.15, 0.2) is 11.6 Å². The number of hydrogen-bond donors (Lipinski definition) is 2. The standard InChI is InChI=1S/C23H20ClNO3/c1-16(25)21(23(28)15-26)14-22(27)19-11-9-17(10-12-19)5-2-3-6-18-7-4-8-20(24)13-18/h4,7-13,16,21,26H,14-15,25H2,1H3/t16-,21+/m1/s1. The first kappa shape index (κ1) is 21.4. The molecule has 142 valence electrons. The SMILES string of the molecule is C[C@@H](N)[C@H](CC(=O)c1ccc(C#CC#Cc2cccc(Cl)c2)cc1)C(=O)CO. The summed E-state index contributed by atoms with van der Waals surface area (Å²) < 4.78 is 0. The molecule has 0 saturated heterocycles. The summed E-state index contributed by atoms with van der Waals surface area (Å²) >= 11 is 5.90. The Balaban J connectivity index is 2.04. The minimum atomic E-state index is -0.696. The van der Waals surface area contributed by atoms with Crippen LogP contribution in [0.15, 0.2) is 48.5 Å². The van der Waals surface area contributed by atoms with Crippen molar-refractivity contribution in [1.29, 1.82) is 0 Å². The molecule has 0 aliphatic heterocycles. The molecule has 0 aromatic heterocycles. The average molecular weight is 394 g/mol. The lowest BCUT2D eigenvalue weighted by Gasteiger charge is -2.17. The van der Waals surface area contributed by atoms with Gasteiger partial charge in [0.1, 0.15) is 6.61 Å². The highest BCUT2D eigenvalue weighted by molar-refractivity contribution is 6.30. The summed E-state index contributed by atoms with van der Waals surface area (Å²) in [6.07, 6.45) is -0.0345. The van der Waals surface area contributed by atoms with E-state index in [1.807, 2.05) is 12.1 Å². The smallest absolute Gasteiger partial charge is 0.163 e. The molecule has 0 unspecified atom stereocenters. The second-order valence-corrected chi connectivity index (χ2v) is 6.74. The van der Waals surface area contributed by atoms with Crippen LogP contribution >= 0.6 is 11.6 Å². The number of aliphatic hydroxyl groups is 1. The Morgan fingerprint density at radius 2 is 1.71 bits per heavy atom. The zero-order chi connectivity index (χ0) is 20.5. The molecule has 3 N–H and O–H groups in total. The van der Waals surface area contributed by atoms with Gasteiger partial charge in [0.2, 0.25) is 0 Å². The van der Waals surface area contributed by atoms with Crippen molar-refractivity contribution in [2.45, 2.75) is 19.4 Å². The molecule has 5 heteroatoms. The lowest BCUT2D eigenvalue weighted by atomic mass is 9.89. The van der Waals surface area contributed by atoms with Crippen molar-refractivity contribution in [2.24, 2.45) is 11.7 Å². The lowest BCUT2D eigenvalue weighted by Crippen LogP contribution is -2.36. The van der Waals surface area contributed by atoms with Gasteiger partial charge < -0.3 is 10.8 Å². The molecule has 2 aromatic rings. The fourth-order valence-corrected chi connectivity index (χ4v) is 2.73. The molecule has 0 spiro atoms. The second kappa shape index (κ2) is 10.4. The predicted molar refractivity (Wildman–Crippen MR) is 110 cm³/mol. The zero-order valence-corrected chi connectivity index (χ0v) is 16.2. The molecule has 2 aromatic carbocycles. The minimum Gasteiger partial charge on any atom is -0.389 e. The van der Waals surface area contributed by atoms with Gasteiger partial charge in [-0.05, 0) is 49.1 Å². The molecular weight excluding hydrogens is 374 g/mol. The van der Waals surface area contributed by atoms with Crippen LogP contribution in [0, 0.1) is 29.6 Å². The number of nitrogens with two attached hydrogens (primary N) is 1. The van der Waals surface area contributed by atoms with Crippen molar-refractivity contribution in [2.75, 3.05) is 6.61 Å². The quantitative estimate of drug-likeness (QED) is 0.584. The van der Waals surface area contributed by atoms with E-state index in [9.17, 15) is 9.59 Å². The van der Waals surface area contributed by atoms with E-state index in [1.54, 1.807) is 43.3 Å². The molecule has 0 fully saturated rings. The van der Waals surface area contributed by atoms with E-state index in [0.29, 0.717) is 16.1 Å². The van der Waals surface area contributed by atoms with Crippen LogP contribution in [0.4, 0.5) is 0 Å². The molecule has 0 aliphatic carbocycles. The van der Waals surface area contributed by atoms with E-state index < -0.39 is 24.3 Å². The van der Waals surface area contributed by atoms with Gasteiger partial charge in [-0.15, -0.1) is 0 Å². The van der Waals surface area contributed by atoms with E-state index in [2.05, 4.69) is 23.7 Å². The average Bonchev–Trinajstić information content (AvgIpc) is 2.69. The van der Waals surface area contributed by atoms with Crippen LogP contribution in [0.5, 0.6) is 0 Å². The summed E-state index contributed by atoms with van der Waals surface area (Å²) in [7, 11) is 0. The summed E-state index contributed by atoms with van der Waals surface area (Å²) in [5.74, 6) is 10.0. The highest BCUT2D eigenvalue weighted by atomic mass is 35.5. The third kappa shape index (κ3) is 6.37. The van der Waals surface area contributed by atoms with Crippen LogP contribution in [0.25, 0.3) is 0 Å². The van der Waals surface area contributed by atoms with Crippen molar-refractivity contribution >= 4 is 23.2 Å². The predicted octanol–water partition coefficient (Wildman–Crippen LogP) is 2.84. The van der Waals surface area contributed by atoms with E-state index >= 15 is 0 Å². The Bertz CT molecular complexity index is 973. The molecule has 0 bridgehead atoms. The number of aliphatic hydroxyl groups excluding tert-OH is 1. The second-order valence-electron chi connectivity index (χ2n) is 6.31. The Labute approximate surface area is 169 Å². The minimum absolute atomic E-state index is 0.0345. The van der Waals surface area contributed by atoms with Gasteiger partial charge in [-0.3, -0.25) is 9.59 Å². The van der Waals surface area contributed by atoms with Gasteiger partial charge in [-0.25, -0.2) is 0 Å². The molecule has 4 nitrogen and oxygen atoms in total. The van der Waals surface area contributed by atoms with E-state index in [0.717, 1.165) is 5.56 Å². The van der Waals surface area contributed by atoms with Gasteiger partial charge in [-0.2, -0.15) is 0 Å². The van der Waals surface area contributed by atoms with Crippen LogP contribution < -0.4 is 5.73 Å². The largest absolute Gasteiger partial charge is 0.389 e. The van der Waals surface area contributed by atoms with Gasteiger partial charge in [0.25, 0.3) is 0 Å². The number of rotatable bonds is 6. The van der Waals surface area contributed by atoms with Gasteiger partial charge >= 0.3 is 0 Å². The molecular formula is C23H20ClNO3. The summed E-state index contributed by atoms with van der Waals surface area (Å²) in [5.41, 5.74) is 7.72. The highest BCUT2D eigenvalue weighted by Crippen LogP contribution is 2.15. The maximum atomic E-state index is 12.4. The van der Waals surface area contributed by atoms with E-state index in [4.69, 9.17) is 22.4 Å². The zero-order valence-electron chi connectivity index (χ0n) is 15.4. The van der Waals surface area contributed by atoms with Crippen LogP contribution in [-0.4, -0.2) is 29.3 Å². The monoisotopic (exact) mass is 393 g/mol. The number of carbonyl (C=O) groups excluding carboxylic acids is 2. The maximum Gasteiger partial charge on any atom is 0.163 e. The number of halogens is 1. The number of Topliss-reactive ketones (excluding diaryl/α,β-unsaturated/α-hetero) is 2. The van der Waals surface area contributed by atoms with Crippen molar-refractivity contribution in [1.82, 2.24) is 0 Å². The van der Waals surface area contributed by atoms with Gasteiger partial charge in [0.05, 0.1) is 0 Å². The van der Waals surface area contributed by atoms with Crippen LogP contribution in [-0.2, 0) is 4.79 Å². The fourth-order valence-electron chi connectivity index (χ4n) is 2.54. The summed E-state index contributed by atoms with van der Waals surface area (Å²) in [4.78, 5) is 24.1. The lowest BCUT2D eigenvalue weighted by molar-refractivity contribution is -0.126. The number of benzene rings is 2. The maximum absolute atomic E-state index is 12.4. The molecule has 0 heterocycles. The molecule has 0 radical (unpaired) electrons. The summed E-state index contributed by atoms with van der Waals surface area (Å²) in [5, 5.41) is 9.63. The van der Waals surface area contributed by atoms with E-state index in [-0.39, 0.29) is 12.2 Å². The molecule has 0 saturated carbocycles. The van der Waals surface area contributed by atoms with Gasteiger partial charge in [0, 0.05) is 40.1 Å². The first-order valence-electron chi connectivity index (χ1n) is 8.70. The Kier molecular flexibility index (Phi) is 7.99. The molecule has 2 rings (SSSR count). The summed E-state index contributed by atoms with van der Waals surface area (Å²) in [6, 6.07) is 13.4. The molecule has 0 aliphatic rings. The Hall–Kier alpha value is -2.89. The number of carbonyl (C=O) groups is 2. The van der Waals surface area contributed by atoms with Crippen molar-refractivity contribution in [3.8, 4) is 23.7 Å². The number of ketones is 2. The molecule has 28 heavy (non-hydrogen) atoms. The first-order valence-corrected chi connectivity index (χ1v) is 9.08.